The first-order chi connectivity index (χ1) is 12.4. The Kier molecular flexibility index (Phi) is 3.70. The zero-order valence-electron chi connectivity index (χ0n) is 13.3. The van der Waals surface area contributed by atoms with Gasteiger partial charge in [-0.25, -0.2) is 15.0 Å². The smallest absolute Gasteiger partial charge is 0.142 e. The van der Waals surface area contributed by atoms with Crippen LogP contribution in [0.1, 0.15) is 11.3 Å². The third-order valence-corrected chi connectivity index (χ3v) is 6.23. The van der Waals surface area contributed by atoms with E-state index in [1.54, 1.807) is 29.0 Å². The van der Waals surface area contributed by atoms with E-state index in [0.717, 1.165) is 46.7 Å². The minimum absolute atomic E-state index is 0.844. The van der Waals surface area contributed by atoms with E-state index in [9.17, 15) is 0 Å². The molecule has 1 aliphatic rings. The molecule has 2 N–H and O–H groups in total. The maximum absolute atomic E-state index is 4.46. The van der Waals surface area contributed by atoms with E-state index in [2.05, 4.69) is 55.9 Å². The average molecular weight is 365 g/mol. The first-order valence-electron chi connectivity index (χ1n) is 8.12. The lowest BCUT2D eigenvalue weighted by Crippen LogP contribution is -2.19. The third kappa shape index (κ3) is 2.80. The van der Waals surface area contributed by atoms with Gasteiger partial charge < -0.3 is 10.6 Å². The fraction of sp³-hybridized carbons (Fsp3) is 0.167. The molecule has 0 spiro atoms. The summed E-state index contributed by atoms with van der Waals surface area (Å²) in [6.07, 6.45) is 4.96. The van der Waals surface area contributed by atoms with Crippen LogP contribution in [0.3, 0.4) is 0 Å². The molecule has 4 heterocycles. The van der Waals surface area contributed by atoms with E-state index >= 15 is 0 Å². The molecule has 0 bridgehead atoms. The fourth-order valence-electron chi connectivity index (χ4n) is 3.03. The number of nitrogens with one attached hydrogen (secondary N) is 2. The van der Waals surface area contributed by atoms with Crippen LogP contribution >= 0.6 is 22.7 Å². The number of benzene rings is 1. The van der Waals surface area contributed by atoms with Crippen molar-refractivity contribution in [1.82, 2.24) is 20.3 Å². The molecule has 1 aromatic carbocycles. The van der Waals surface area contributed by atoms with Crippen molar-refractivity contribution in [2.45, 2.75) is 6.42 Å². The Bertz CT molecular complexity index is 1100. The summed E-state index contributed by atoms with van der Waals surface area (Å²) in [5, 5.41) is 7.86. The van der Waals surface area contributed by atoms with E-state index in [0.29, 0.717) is 0 Å². The fourth-order valence-corrected chi connectivity index (χ4v) is 4.76. The SMILES string of the molecule is C1=C(c2cc3c(Nc4ccc5scnc5c4)ncnc3s2)CCNC1. The Morgan fingerprint density at radius 2 is 2.12 bits per heavy atom. The average Bonchev–Trinajstić information content (AvgIpc) is 3.29. The lowest BCUT2D eigenvalue weighted by molar-refractivity contribution is 0.739. The molecular formula is C18H15N5S2. The standard InChI is InChI=1S/C18H15N5S2/c1-2-15-14(22-10-24-15)7-12(1)23-17-13-8-16(11-3-5-19-6-4-11)25-18(13)21-9-20-17/h1-3,7-10,19H,4-6H2,(H,20,21,23). The molecule has 0 radical (unpaired) electrons. The molecule has 0 unspecified atom stereocenters. The second-order valence-electron chi connectivity index (χ2n) is 5.90. The van der Waals surface area contributed by atoms with Gasteiger partial charge in [0, 0.05) is 17.1 Å². The van der Waals surface area contributed by atoms with Gasteiger partial charge in [-0.15, -0.1) is 22.7 Å². The summed E-state index contributed by atoms with van der Waals surface area (Å²) in [4.78, 5) is 15.6. The lowest BCUT2D eigenvalue weighted by atomic mass is 10.1. The van der Waals surface area contributed by atoms with Gasteiger partial charge in [0.05, 0.1) is 21.1 Å². The Morgan fingerprint density at radius 3 is 3.04 bits per heavy atom. The third-order valence-electron chi connectivity index (χ3n) is 4.30. The number of aromatic nitrogens is 3. The molecule has 1 aliphatic heterocycles. The lowest BCUT2D eigenvalue weighted by Gasteiger charge is -2.11. The van der Waals surface area contributed by atoms with Crippen molar-refractivity contribution in [3.63, 3.8) is 0 Å². The highest BCUT2D eigenvalue weighted by Gasteiger charge is 2.13. The Balaban J connectivity index is 1.54. The van der Waals surface area contributed by atoms with Crippen LogP contribution in [0.15, 0.2) is 42.2 Å². The minimum Gasteiger partial charge on any atom is -0.340 e. The second kappa shape index (κ2) is 6.18. The molecule has 3 aromatic heterocycles. The maximum Gasteiger partial charge on any atom is 0.142 e. The molecule has 25 heavy (non-hydrogen) atoms. The van der Waals surface area contributed by atoms with Crippen molar-refractivity contribution in [2.75, 3.05) is 18.4 Å². The van der Waals surface area contributed by atoms with Crippen LogP contribution in [-0.2, 0) is 0 Å². The Labute approximate surface area is 152 Å². The van der Waals surface area contributed by atoms with Crippen molar-refractivity contribution in [3.05, 3.63) is 47.1 Å². The topological polar surface area (TPSA) is 62.7 Å². The van der Waals surface area contributed by atoms with Gasteiger partial charge in [-0.05, 0) is 42.8 Å². The Morgan fingerprint density at radius 1 is 1.12 bits per heavy atom. The highest BCUT2D eigenvalue weighted by atomic mass is 32.1. The number of fused-ring (bicyclic) bond motifs is 2. The first kappa shape index (κ1) is 14.9. The Hall–Kier alpha value is -2.35. The van der Waals surface area contributed by atoms with Gasteiger partial charge in [0.15, 0.2) is 0 Å². The summed E-state index contributed by atoms with van der Waals surface area (Å²) in [7, 11) is 0. The van der Waals surface area contributed by atoms with E-state index in [1.807, 2.05) is 5.51 Å². The molecule has 0 aliphatic carbocycles. The number of hydrogen-bond acceptors (Lipinski definition) is 7. The van der Waals surface area contributed by atoms with Gasteiger partial charge in [0.2, 0.25) is 0 Å². The van der Waals surface area contributed by atoms with Crippen molar-refractivity contribution in [3.8, 4) is 0 Å². The predicted molar refractivity (Wildman–Crippen MR) is 106 cm³/mol. The summed E-state index contributed by atoms with van der Waals surface area (Å²) in [6, 6.07) is 8.42. The molecular weight excluding hydrogens is 350 g/mol. The van der Waals surface area contributed by atoms with Gasteiger partial charge in [-0.1, -0.05) is 6.08 Å². The second-order valence-corrected chi connectivity index (χ2v) is 7.81. The number of nitrogens with zero attached hydrogens (tertiary/aromatic N) is 3. The normalized spacial score (nSPS) is 14.8. The monoisotopic (exact) mass is 365 g/mol. The van der Waals surface area contributed by atoms with Crippen LogP contribution in [0.5, 0.6) is 0 Å². The molecule has 5 nitrogen and oxygen atoms in total. The van der Waals surface area contributed by atoms with Crippen LogP contribution in [0.25, 0.3) is 26.0 Å². The van der Waals surface area contributed by atoms with Crippen LogP contribution in [0, 0.1) is 0 Å². The number of thiazole rings is 1. The molecule has 7 heteroatoms. The molecule has 0 saturated heterocycles. The molecule has 4 aromatic rings. The van der Waals surface area contributed by atoms with Crippen LogP contribution < -0.4 is 10.6 Å². The first-order valence-corrected chi connectivity index (χ1v) is 9.81. The highest BCUT2D eigenvalue weighted by Crippen LogP contribution is 2.35. The maximum atomic E-state index is 4.46. The summed E-state index contributed by atoms with van der Waals surface area (Å²) >= 11 is 3.38. The number of hydrogen-bond donors (Lipinski definition) is 2. The summed E-state index contributed by atoms with van der Waals surface area (Å²) in [6.45, 7) is 1.97. The largest absolute Gasteiger partial charge is 0.340 e. The van der Waals surface area contributed by atoms with Crippen LogP contribution in [-0.4, -0.2) is 28.0 Å². The minimum atomic E-state index is 0.844. The molecule has 0 saturated carbocycles. The van der Waals surface area contributed by atoms with Crippen molar-refractivity contribution in [2.24, 2.45) is 0 Å². The highest BCUT2D eigenvalue weighted by molar-refractivity contribution is 7.19. The predicted octanol–water partition coefficient (Wildman–Crippen LogP) is 4.42. The zero-order valence-corrected chi connectivity index (χ0v) is 15.0. The van der Waals surface area contributed by atoms with Gasteiger partial charge in [-0.2, -0.15) is 0 Å². The summed E-state index contributed by atoms with van der Waals surface area (Å²) in [5.41, 5.74) is 5.27. The van der Waals surface area contributed by atoms with Gasteiger partial charge >= 0.3 is 0 Å². The van der Waals surface area contributed by atoms with Crippen LogP contribution in [0.2, 0.25) is 0 Å². The van der Waals surface area contributed by atoms with Crippen LogP contribution in [0.4, 0.5) is 11.5 Å². The van der Waals surface area contributed by atoms with Crippen molar-refractivity contribution >= 4 is 60.2 Å². The number of anilines is 2. The van der Waals surface area contributed by atoms with Crippen molar-refractivity contribution < 1.29 is 0 Å². The van der Waals surface area contributed by atoms with E-state index in [-0.39, 0.29) is 0 Å². The number of rotatable bonds is 3. The molecule has 0 amide bonds. The summed E-state index contributed by atoms with van der Waals surface area (Å²) < 4.78 is 1.19. The molecule has 124 valence electrons. The molecule has 0 atom stereocenters. The van der Waals surface area contributed by atoms with Gasteiger partial charge in [-0.3, -0.25) is 0 Å². The van der Waals surface area contributed by atoms with E-state index in [1.165, 1.54) is 15.2 Å². The van der Waals surface area contributed by atoms with Gasteiger partial charge in [0.25, 0.3) is 0 Å². The van der Waals surface area contributed by atoms with E-state index < -0.39 is 0 Å². The van der Waals surface area contributed by atoms with Gasteiger partial charge in [0.1, 0.15) is 17.0 Å². The number of thiophene rings is 1. The van der Waals surface area contributed by atoms with E-state index in [4.69, 9.17) is 0 Å². The quantitative estimate of drug-likeness (QED) is 0.563. The molecule has 0 fully saturated rings. The van der Waals surface area contributed by atoms with Crippen molar-refractivity contribution in [1.29, 1.82) is 0 Å². The zero-order chi connectivity index (χ0) is 16.6. The summed E-state index contributed by atoms with van der Waals surface area (Å²) in [5.74, 6) is 0.844. The molecule has 5 rings (SSSR count).